The molecule has 3 rings (SSSR count). The lowest BCUT2D eigenvalue weighted by Gasteiger charge is -2.40. The molecule has 1 aliphatic heterocycles. The van der Waals surface area contributed by atoms with Crippen molar-refractivity contribution in [3.63, 3.8) is 0 Å². The van der Waals surface area contributed by atoms with Crippen LogP contribution in [0.25, 0.3) is 0 Å². The molecule has 0 spiro atoms. The number of piperidine rings is 1. The minimum Gasteiger partial charge on any atom is -0.495 e. The first-order valence-electron chi connectivity index (χ1n) is 11.2. The summed E-state index contributed by atoms with van der Waals surface area (Å²) < 4.78 is 5.21. The molecular formula is C25H34ClN3O2. The molecule has 5 nitrogen and oxygen atoms in total. The molecule has 31 heavy (non-hydrogen) atoms. The zero-order valence-corrected chi connectivity index (χ0v) is 19.6. The predicted molar refractivity (Wildman–Crippen MR) is 128 cm³/mol. The first kappa shape index (κ1) is 23.4. The van der Waals surface area contributed by atoms with Gasteiger partial charge in [0.05, 0.1) is 12.1 Å². The number of likely N-dealkylation sites (tertiary alicyclic amines) is 1. The fraction of sp³-hybridized carbons (Fsp3) is 0.480. The average molecular weight is 444 g/mol. The molecule has 2 amide bonds. The summed E-state index contributed by atoms with van der Waals surface area (Å²) >= 11 is 6.25. The summed E-state index contributed by atoms with van der Waals surface area (Å²) in [5, 5.41) is 3.52. The van der Waals surface area contributed by atoms with E-state index in [0.717, 1.165) is 31.5 Å². The van der Waals surface area contributed by atoms with Gasteiger partial charge in [0.15, 0.2) is 0 Å². The molecule has 1 saturated heterocycles. The Hall–Kier alpha value is -2.24. The second kappa shape index (κ2) is 11.4. The molecule has 1 unspecified atom stereocenters. The molecule has 0 saturated carbocycles. The number of carbonyl (C=O) groups is 1. The van der Waals surface area contributed by atoms with Crippen LogP contribution in [-0.4, -0.2) is 48.1 Å². The Kier molecular flexibility index (Phi) is 8.61. The van der Waals surface area contributed by atoms with Gasteiger partial charge in [-0.1, -0.05) is 55.3 Å². The van der Waals surface area contributed by atoms with Gasteiger partial charge in [-0.3, -0.25) is 0 Å². The maximum Gasteiger partial charge on any atom is 0.322 e. The number of amides is 2. The number of hydrogen-bond acceptors (Lipinski definition) is 3. The minimum absolute atomic E-state index is 0.0925. The van der Waals surface area contributed by atoms with Crippen LogP contribution in [0, 0.1) is 0 Å². The minimum atomic E-state index is -0.0925. The summed E-state index contributed by atoms with van der Waals surface area (Å²) in [5.74, 6) is 0.592. The SMILES string of the molecule is CCCC(C)N1CCC(N(Cc2ccccc2)C(=O)Nc2ccc(OC)c(Cl)c2)CC1. The Morgan fingerprint density at radius 3 is 2.55 bits per heavy atom. The Morgan fingerprint density at radius 2 is 1.94 bits per heavy atom. The van der Waals surface area contributed by atoms with Gasteiger partial charge in [-0.2, -0.15) is 0 Å². The van der Waals surface area contributed by atoms with Gasteiger partial charge in [0.1, 0.15) is 5.75 Å². The third-order valence-electron chi connectivity index (χ3n) is 6.13. The van der Waals surface area contributed by atoms with Gasteiger partial charge in [-0.25, -0.2) is 4.79 Å². The van der Waals surface area contributed by atoms with Crippen molar-refractivity contribution < 1.29 is 9.53 Å². The van der Waals surface area contributed by atoms with Crippen molar-refractivity contribution in [2.45, 2.75) is 58.2 Å². The first-order chi connectivity index (χ1) is 15.0. The molecule has 0 aliphatic carbocycles. The number of nitrogens with one attached hydrogen (secondary N) is 1. The highest BCUT2D eigenvalue weighted by molar-refractivity contribution is 6.32. The van der Waals surface area contributed by atoms with E-state index in [1.54, 1.807) is 19.2 Å². The number of carbonyl (C=O) groups excluding carboxylic acids is 1. The Bertz CT molecular complexity index is 838. The summed E-state index contributed by atoms with van der Waals surface area (Å²) in [6.45, 7) is 7.19. The van der Waals surface area contributed by atoms with E-state index in [1.165, 1.54) is 12.8 Å². The highest BCUT2D eigenvalue weighted by Gasteiger charge is 2.29. The zero-order chi connectivity index (χ0) is 22.2. The first-order valence-corrected chi connectivity index (χ1v) is 11.6. The number of urea groups is 1. The summed E-state index contributed by atoms with van der Waals surface area (Å²) in [6.07, 6.45) is 4.39. The van der Waals surface area contributed by atoms with Gasteiger partial charge in [-0.05, 0) is 49.9 Å². The van der Waals surface area contributed by atoms with Crippen molar-refractivity contribution in [3.05, 3.63) is 59.1 Å². The van der Waals surface area contributed by atoms with E-state index in [4.69, 9.17) is 16.3 Å². The second-order valence-electron chi connectivity index (χ2n) is 8.30. The van der Waals surface area contributed by atoms with Gasteiger partial charge >= 0.3 is 6.03 Å². The highest BCUT2D eigenvalue weighted by atomic mass is 35.5. The van der Waals surface area contributed by atoms with Crippen LogP contribution >= 0.6 is 11.6 Å². The van der Waals surface area contributed by atoms with E-state index in [-0.39, 0.29) is 12.1 Å². The van der Waals surface area contributed by atoms with Crippen molar-refractivity contribution >= 4 is 23.3 Å². The van der Waals surface area contributed by atoms with Gasteiger partial charge in [0.25, 0.3) is 0 Å². The van der Waals surface area contributed by atoms with Crippen molar-refractivity contribution in [1.82, 2.24) is 9.80 Å². The highest BCUT2D eigenvalue weighted by Crippen LogP contribution is 2.28. The number of ether oxygens (including phenoxy) is 1. The number of anilines is 1. The molecule has 1 aliphatic rings. The smallest absolute Gasteiger partial charge is 0.322 e. The lowest BCUT2D eigenvalue weighted by Crippen LogP contribution is -2.50. The average Bonchev–Trinajstić information content (AvgIpc) is 2.78. The van der Waals surface area contributed by atoms with Crippen LogP contribution in [0.1, 0.15) is 45.1 Å². The quantitative estimate of drug-likeness (QED) is 0.541. The molecule has 1 heterocycles. The van der Waals surface area contributed by atoms with Crippen molar-refractivity contribution in [3.8, 4) is 5.75 Å². The van der Waals surface area contributed by atoms with E-state index in [0.29, 0.717) is 29.0 Å². The standard InChI is InChI=1S/C25H34ClN3O2/c1-4-8-19(2)28-15-13-22(14-16-28)29(18-20-9-6-5-7-10-20)25(30)27-21-11-12-24(31-3)23(26)17-21/h5-7,9-12,17,19,22H,4,8,13-16,18H2,1-3H3,(H,27,30). The van der Waals surface area contributed by atoms with E-state index >= 15 is 0 Å². The lowest BCUT2D eigenvalue weighted by molar-refractivity contribution is 0.0989. The third-order valence-corrected chi connectivity index (χ3v) is 6.42. The maximum absolute atomic E-state index is 13.3. The number of benzene rings is 2. The maximum atomic E-state index is 13.3. The van der Waals surface area contributed by atoms with Crippen molar-refractivity contribution in [2.24, 2.45) is 0 Å². The summed E-state index contributed by atoms with van der Waals surface area (Å²) in [7, 11) is 1.58. The lowest BCUT2D eigenvalue weighted by atomic mass is 10.00. The molecule has 168 valence electrons. The molecule has 2 aromatic rings. The number of nitrogens with zero attached hydrogens (tertiary/aromatic N) is 2. The second-order valence-corrected chi connectivity index (χ2v) is 8.71. The van der Waals surface area contributed by atoms with Crippen LogP contribution in [0.3, 0.4) is 0 Å². The van der Waals surface area contributed by atoms with Crippen LogP contribution in [-0.2, 0) is 6.54 Å². The number of rotatable bonds is 8. The normalized spacial score (nSPS) is 16.0. The van der Waals surface area contributed by atoms with E-state index in [2.05, 4.69) is 36.2 Å². The topological polar surface area (TPSA) is 44.8 Å². The molecule has 0 bridgehead atoms. The summed E-state index contributed by atoms with van der Waals surface area (Å²) in [4.78, 5) is 17.9. The van der Waals surface area contributed by atoms with Crippen LogP contribution < -0.4 is 10.1 Å². The van der Waals surface area contributed by atoms with Gasteiger partial charge in [0, 0.05) is 37.4 Å². The molecule has 1 N–H and O–H groups in total. The van der Waals surface area contributed by atoms with Crippen LogP contribution in [0.5, 0.6) is 5.75 Å². The molecular weight excluding hydrogens is 410 g/mol. The van der Waals surface area contributed by atoms with Crippen LogP contribution in [0.4, 0.5) is 10.5 Å². The number of halogens is 1. The fourth-order valence-corrected chi connectivity index (χ4v) is 4.58. The molecule has 6 heteroatoms. The van der Waals surface area contributed by atoms with Gasteiger partial charge in [0.2, 0.25) is 0 Å². The zero-order valence-electron chi connectivity index (χ0n) is 18.8. The largest absolute Gasteiger partial charge is 0.495 e. The summed E-state index contributed by atoms with van der Waals surface area (Å²) in [6, 6.07) is 16.2. The third kappa shape index (κ3) is 6.37. The molecule has 0 aromatic heterocycles. The Labute approximate surface area is 191 Å². The predicted octanol–water partition coefficient (Wildman–Crippen LogP) is 6.04. The summed E-state index contributed by atoms with van der Waals surface area (Å²) in [5.41, 5.74) is 1.80. The molecule has 1 fully saturated rings. The number of methoxy groups -OCH3 is 1. The monoisotopic (exact) mass is 443 g/mol. The van der Waals surface area contributed by atoms with Crippen LogP contribution in [0.2, 0.25) is 5.02 Å². The van der Waals surface area contributed by atoms with E-state index in [9.17, 15) is 4.79 Å². The fourth-order valence-electron chi connectivity index (χ4n) is 4.32. The number of hydrogen-bond donors (Lipinski definition) is 1. The van der Waals surface area contributed by atoms with E-state index < -0.39 is 0 Å². The molecule has 1 atom stereocenters. The molecule has 0 radical (unpaired) electrons. The van der Waals surface area contributed by atoms with Gasteiger partial charge in [-0.15, -0.1) is 0 Å². The van der Waals surface area contributed by atoms with Crippen LogP contribution in [0.15, 0.2) is 48.5 Å². The Morgan fingerprint density at radius 1 is 1.23 bits per heavy atom. The molecule has 2 aromatic carbocycles. The van der Waals surface area contributed by atoms with Crippen molar-refractivity contribution in [1.29, 1.82) is 0 Å². The van der Waals surface area contributed by atoms with Gasteiger partial charge < -0.3 is 19.9 Å². The van der Waals surface area contributed by atoms with E-state index in [1.807, 2.05) is 29.2 Å². The Balaban J connectivity index is 1.72. The van der Waals surface area contributed by atoms with Crippen molar-refractivity contribution in [2.75, 3.05) is 25.5 Å².